The van der Waals surface area contributed by atoms with Gasteiger partial charge in [0.15, 0.2) is 5.82 Å². The zero-order chi connectivity index (χ0) is 15.0. The van der Waals surface area contributed by atoms with E-state index in [1.165, 1.54) is 0 Å². The standard InChI is InChI=1S/C14H8I3N3O/c15-7-5-9(12(17)10(16)6-7)14(21)18-13-8-3-1-2-4-11(8)19-20-13/h1-6H,(H2,18,19,20,21). The van der Waals surface area contributed by atoms with E-state index in [4.69, 9.17) is 0 Å². The second-order valence-corrected chi connectivity index (χ2v) is 7.81. The molecule has 0 spiro atoms. The lowest BCUT2D eigenvalue weighted by Crippen LogP contribution is -2.15. The highest BCUT2D eigenvalue weighted by Crippen LogP contribution is 2.25. The molecular formula is C14H8I3N3O. The molecule has 3 rings (SSSR count). The van der Waals surface area contributed by atoms with Crippen molar-refractivity contribution in [2.75, 3.05) is 5.32 Å². The molecule has 4 nitrogen and oxygen atoms in total. The number of carbonyl (C=O) groups excluding carboxylic acids is 1. The maximum Gasteiger partial charge on any atom is 0.258 e. The van der Waals surface area contributed by atoms with E-state index in [-0.39, 0.29) is 5.91 Å². The lowest BCUT2D eigenvalue weighted by atomic mass is 10.2. The van der Waals surface area contributed by atoms with Gasteiger partial charge >= 0.3 is 0 Å². The topological polar surface area (TPSA) is 57.8 Å². The summed E-state index contributed by atoms with van der Waals surface area (Å²) in [5.74, 6) is 0.411. The summed E-state index contributed by atoms with van der Waals surface area (Å²) >= 11 is 6.65. The van der Waals surface area contributed by atoms with Crippen molar-refractivity contribution in [2.45, 2.75) is 0 Å². The Morgan fingerprint density at radius 3 is 2.71 bits per heavy atom. The highest BCUT2D eigenvalue weighted by atomic mass is 127. The molecule has 0 aliphatic heterocycles. The largest absolute Gasteiger partial charge is 0.305 e. The van der Waals surface area contributed by atoms with Crippen molar-refractivity contribution in [3.63, 3.8) is 0 Å². The van der Waals surface area contributed by atoms with Gasteiger partial charge < -0.3 is 5.32 Å². The predicted molar refractivity (Wildman–Crippen MR) is 109 cm³/mol. The van der Waals surface area contributed by atoms with E-state index in [1.807, 2.05) is 36.4 Å². The first-order valence-electron chi connectivity index (χ1n) is 5.95. The molecule has 0 aliphatic rings. The van der Waals surface area contributed by atoms with Crippen LogP contribution < -0.4 is 5.32 Å². The van der Waals surface area contributed by atoms with Gasteiger partial charge in [-0.25, -0.2) is 0 Å². The number of benzene rings is 2. The number of para-hydroxylation sites is 1. The van der Waals surface area contributed by atoms with E-state index in [1.54, 1.807) is 0 Å². The fraction of sp³-hybridized carbons (Fsp3) is 0. The zero-order valence-electron chi connectivity index (χ0n) is 10.5. The van der Waals surface area contributed by atoms with Crippen molar-refractivity contribution in [2.24, 2.45) is 0 Å². The molecule has 0 aliphatic carbocycles. The second-order valence-electron chi connectivity index (χ2n) is 4.32. The van der Waals surface area contributed by atoms with Gasteiger partial charge in [-0.2, -0.15) is 5.10 Å². The van der Waals surface area contributed by atoms with Crippen LogP contribution in [0.4, 0.5) is 5.82 Å². The van der Waals surface area contributed by atoms with Gasteiger partial charge in [-0.3, -0.25) is 9.89 Å². The van der Waals surface area contributed by atoms with Crippen LogP contribution in [0.1, 0.15) is 10.4 Å². The Balaban J connectivity index is 1.97. The number of halogens is 3. The average Bonchev–Trinajstić information content (AvgIpc) is 2.86. The third-order valence-electron chi connectivity index (χ3n) is 2.94. The van der Waals surface area contributed by atoms with Crippen molar-refractivity contribution < 1.29 is 4.79 Å². The third-order valence-corrected chi connectivity index (χ3v) is 6.61. The summed E-state index contributed by atoms with van der Waals surface area (Å²) < 4.78 is 3.05. The Kier molecular flexibility index (Phi) is 4.69. The van der Waals surface area contributed by atoms with Crippen LogP contribution in [0.5, 0.6) is 0 Å². The summed E-state index contributed by atoms with van der Waals surface area (Å²) in [6.07, 6.45) is 0. The van der Waals surface area contributed by atoms with Crippen LogP contribution in [0, 0.1) is 10.7 Å². The monoisotopic (exact) mass is 615 g/mol. The Morgan fingerprint density at radius 2 is 1.90 bits per heavy atom. The molecule has 0 atom stereocenters. The molecule has 0 fully saturated rings. The Labute approximate surface area is 161 Å². The number of aromatic nitrogens is 2. The highest BCUT2D eigenvalue weighted by molar-refractivity contribution is 14.1. The number of aromatic amines is 1. The lowest BCUT2D eigenvalue weighted by Gasteiger charge is -2.07. The lowest BCUT2D eigenvalue weighted by molar-refractivity contribution is 0.102. The SMILES string of the molecule is O=C(Nc1n[nH]c2ccccc12)c1cc(I)cc(I)c1I. The quantitative estimate of drug-likeness (QED) is 0.327. The molecule has 21 heavy (non-hydrogen) atoms. The van der Waals surface area contributed by atoms with Crippen LogP contribution in [0.15, 0.2) is 36.4 Å². The first-order valence-corrected chi connectivity index (χ1v) is 9.19. The van der Waals surface area contributed by atoms with Crippen LogP contribution in [0.25, 0.3) is 10.9 Å². The van der Waals surface area contributed by atoms with Gasteiger partial charge in [-0.15, -0.1) is 0 Å². The molecule has 7 heteroatoms. The minimum atomic E-state index is -0.145. The van der Waals surface area contributed by atoms with E-state index in [0.29, 0.717) is 11.4 Å². The summed E-state index contributed by atoms with van der Waals surface area (Å²) in [5.41, 5.74) is 1.57. The predicted octanol–water partition coefficient (Wildman–Crippen LogP) is 4.63. The number of hydrogen-bond acceptors (Lipinski definition) is 2. The number of nitrogens with one attached hydrogen (secondary N) is 2. The van der Waals surface area contributed by atoms with Gasteiger partial charge in [0.05, 0.1) is 11.1 Å². The van der Waals surface area contributed by atoms with Crippen LogP contribution in [-0.4, -0.2) is 16.1 Å². The molecule has 106 valence electrons. The number of carbonyl (C=O) groups is 1. The maximum atomic E-state index is 12.5. The molecule has 2 N–H and O–H groups in total. The van der Waals surface area contributed by atoms with Crippen molar-refractivity contribution >= 4 is 90.4 Å². The summed E-state index contributed by atoms with van der Waals surface area (Å²) in [7, 11) is 0. The molecule has 0 radical (unpaired) electrons. The number of H-pyrrole nitrogens is 1. The number of amides is 1. The molecule has 1 aromatic heterocycles. The summed E-state index contributed by atoms with van der Waals surface area (Å²) in [5, 5.41) is 10.9. The smallest absolute Gasteiger partial charge is 0.258 e. The normalized spacial score (nSPS) is 10.8. The van der Waals surface area contributed by atoms with E-state index in [0.717, 1.165) is 21.6 Å². The van der Waals surface area contributed by atoms with Gasteiger partial charge in [-0.1, -0.05) is 12.1 Å². The Hall–Kier alpha value is -0.430. The number of rotatable bonds is 2. The fourth-order valence-corrected chi connectivity index (χ4v) is 4.36. The number of fused-ring (bicyclic) bond motifs is 1. The van der Waals surface area contributed by atoms with Gasteiger partial charge in [0.25, 0.3) is 5.91 Å². The van der Waals surface area contributed by atoms with Gasteiger partial charge in [0.1, 0.15) is 0 Å². The molecule has 0 unspecified atom stereocenters. The van der Waals surface area contributed by atoms with Crippen LogP contribution in [-0.2, 0) is 0 Å². The van der Waals surface area contributed by atoms with E-state index < -0.39 is 0 Å². The first-order chi connectivity index (χ1) is 10.1. The summed E-state index contributed by atoms with van der Waals surface area (Å²) in [6, 6.07) is 11.6. The molecule has 1 heterocycles. The molecule has 0 saturated carbocycles. The average molecular weight is 615 g/mol. The van der Waals surface area contributed by atoms with E-state index in [2.05, 4.69) is 83.3 Å². The summed E-state index contributed by atoms with van der Waals surface area (Å²) in [6.45, 7) is 0. The maximum absolute atomic E-state index is 12.5. The number of nitrogens with zero attached hydrogens (tertiary/aromatic N) is 1. The minimum absolute atomic E-state index is 0.145. The number of anilines is 1. The zero-order valence-corrected chi connectivity index (χ0v) is 16.9. The molecular weight excluding hydrogens is 607 g/mol. The molecule has 0 bridgehead atoms. The van der Waals surface area contributed by atoms with Crippen molar-refractivity contribution in [3.05, 3.63) is 52.7 Å². The molecule has 3 aromatic rings. The molecule has 2 aromatic carbocycles. The van der Waals surface area contributed by atoms with Crippen molar-refractivity contribution in [1.29, 1.82) is 0 Å². The Morgan fingerprint density at radius 1 is 1.14 bits per heavy atom. The van der Waals surface area contributed by atoms with Gasteiger partial charge in [0, 0.05) is 16.1 Å². The van der Waals surface area contributed by atoms with E-state index >= 15 is 0 Å². The van der Waals surface area contributed by atoms with Crippen LogP contribution >= 0.6 is 67.8 Å². The minimum Gasteiger partial charge on any atom is -0.305 e. The van der Waals surface area contributed by atoms with Crippen LogP contribution in [0.2, 0.25) is 0 Å². The van der Waals surface area contributed by atoms with Crippen molar-refractivity contribution in [1.82, 2.24) is 10.2 Å². The van der Waals surface area contributed by atoms with Crippen LogP contribution in [0.3, 0.4) is 0 Å². The third kappa shape index (κ3) is 3.18. The molecule has 1 amide bonds. The van der Waals surface area contributed by atoms with E-state index in [9.17, 15) is 4.79 Å². The second kappa shape index (κ2) is 6.36. The summed E-state index contributed by atoms with van der Waals surface area (Å²) in [4.78, 5) is 12.5. The highest BCUT2D eigenvalue weighted by Gasteiger charge is 2.16. The van der Waals surface area contributed by atoms with Crippen molar-refractivity contribution in [3.8, 4) is 0 Å². The fourth-order valence-electron chi connectivity index (χ4n) is 1.95. The van der Waals surface area contributed by atoms with Gasteiger partial charge in [0.2, 0.25) is 0 Å². The Bertz CT molecular complexity index is 845. The first kappa shape index (κ1) is 15.5. The molecule has 0 saturated heterocycles. The number of hydrogen-bond donors (Lipinski definition) is 2. The van der Waals surface area contributed by atoms with Gasteiger partial charge in [-0.05, 0) is 92.0 Å².